The number of hydrogen-bond donors (Lipinski definition) is 1. The third-order valence-electron chi connectivity index (χ3n) is 3.84. The van der Waals surface area contributed by atoms with Crippen LogP contribution in [-0.2, 0) is 11.3 Å². The van der Waals surface area contributed by atoms with Gasteiger partial charge in [0.1, 0.15) is 0 Å². The number of imidazole rings is 1. The smallest absolute Gasteiger partial charge is 0.341 e. The first-order valence-corrected chi connectivity index (χ1v) is 7.66. The van der Waals surface area contributed by atoms with Crippen LogP contribution in [0.4, 0.5) is 19.1 Å². The summed E-state index contributed by atoms with van der Waals surface area (Å²) in [5.41, 5.74) is 1.61. The van der Waals surface area contributed by atoms with Gasteiger partial charge in [-0.2, -0.15) is 0 Å². The SMILES string of the molecule is FC(F)(F)OCCn1c(N2CCCNCC2)nc2ccccc21.I. The van der Waals surface area contributed by atoms with Crippen LogP contribution in [-0.4, -0.2) is 48.7 Å². The second-order valence-electron chi connectivity index (χ2n) is 5.44. The zero-order chi connectivity index (χ0) is 16.3. The highest BCUT2D eigenvalue weighted by Gasteiger charge is 2.29. The number of ether oxygens (including phenoxy) is 1. The van der Waals surface area contributed by atoms with Crippen LogP contribution in [0.3, 0.4) is 0 Å². The van der Waals surface area contributed by atoms with Crippen LogP contribution in [0, 0.1) is 0 Å². The van der Waals surface area contributed by atoms with Crippen molar-refractivity contribution in [1.29, 1.82) is 0 Å². The summed E-state index contributed by atoms with van der Waals surface area (Å²) in [6.07, 6.45) is -3.63. The lowest BCUT2D eigenvalue weighted by Gasteiger charge is -2.22. The Kier molecular flexibility index (Phi) is 6.70. The Morgan fingerprint density at radius 3 is 2.75 bits per heavy atom. The molecule has 1 fully saturated rings. The van der Waals surface area contributed by atoms with E-state index in [1.807, 2.05) is 28.8 Å². The van der Waals surface area contributed by atoms with Crippen LogP contribution in [0.5, 0.6) is 0 Å². The standard InChI is InChI=1S/C15H19F3N4O.HI/c16-15(17,18)23-11-10-22-13-5-2-1-4-12(13)20-14(22)21-8-3-6-19-7-9-21;/h1-2,4-5,19H,3,6-11H2;1H. The number of benzene rings is 1. The molecule has 5 nitrogen and oxygen atoms in total. The molecule has 1 aliphatic heterocycles. The molecule has 1 aromatic carbocycles. The van der Waals surface area contributed by atoms with Crippen LogP contribution >= 0.6 is 24.0 Å². The van der Waals surface area contributed by atoms with E-state index in [0.717, 1.165) is 43.6 Å². The number of hydrogen-bond acceptors (Lipinski definition) is 4. The molecule has 0 aliphatic carbocycles. The molecule has 2 heterocycles. The molecule has 3 rings (SSSR count). The van der Waals surface area contributed by atoms with E-state index in [-0.39, 0.29) is 30.5 Å². The first-order valence-electron chi connectivity index (χ1n) is 7.66. The highest BCUT2D eigenvalue weighted by Crippen LogP contribution is 2.24. The quantitative estimate of drug-likeness (QED) is 0.719. The van der Waals surface area contributed by atoms with Crippen molar-refractivity contribution < 1.29 is 17.9 Å². The fourth-order valence-electron chi connectivity index (χ4n) is 2.82. The van der Waals surface area contributed by atoms with E-state index in [0.29, 0.717) is 5.95 Å². The van der Waals surface area contributed by atoms with Crippen molar-refractivity contribution in [3.8, 4) is 0 Å². The van der Waals surface area contributed by atoms with Gasteiger partial charge < -0.3 is 14.8 Å². The molecule has 0 radical (unpaired) electrons. The van der Waals surface area contributed by atoms with Gasteiger partial charge in [0, 0.05) is 26.2 Å². The average molecular weight is 456 g/mol. The summed E-state index contributed by atoms with van der Waals surface area (Å²) in [5, 5.41) is 3.31. The van der Waals surface area contributed by atoms with Crippen LogP contribution in [0.1, 0.15) is 6.42 Å². The lowest BCUT2D eigenvalue weighted by molar-refractivity contribution is -0.325. The van der Waals surface area contributed by atoms with Gasteiger partial charge in [-0.15, -0.1) is 37.1 Å². The van der Waals surface area contributed by atoms with Crippen LogP contribution in [0.15, 0.2) is 24.3 Å². The molecule has 0 saturated carbocycles. The van der Waals surface area contributed by atoms with E-state index >= 15 is 0 Å². The van der Waals surface area contributed by atoms with E-state index in [9.17, 15) is 13.2 Å². The monoisotopic (exact) mass is 456 g/mol. The van der Waals surface area contributed by atoms with Gasteiger partial charge in [-0.05, 0) is 25.1 Å². The minimum absolute atomic E-state index is 0. The second kappa shape index (κ2) is 8.34. The number of rotatable bonds is 4. The molecule has 1 aliphatic rings. The summed E-state index contributed by atoms with van der Waals surface area (Å²) in [4.78, 5) is 6.74. The highest BCUT2D eigenvalue weighted by atomic mass is 127. The molecule has 0 atom stereocenters. The van der Waals surface area contributed by atoms with Crippen LogP contribution in [0.25, 0.3) is 11.0 Å². The fourth-order valence-corrected chi connectivity index (χ4v) is 2.82. The van der Waals surface area contributed by atoms with Gasteiger partial charge in [0.15, 0.2) is 0 Å². The Balaban J connectivity index is 0.00000208. The highest BCUT2D eigenvalue weighted by molar-refractivity contribution is 14.0. The molecule has 0 unspecified atom stereocenters. The van der Waals surface area contributed by atoms with Crippen molar-refractivity contribution in [1.82, 2.24) is 14.9 Å². The van der Waals surface area contributed by atoms with Crippen molar-refractivity contribution in [2.75, 3.05) is 37.7 Å². The first kappa shape index (κ1) is 19.3. The van der Waals surface area contributed by atoms with Gasteiger partial charge in [-0.25, -0.2) is 4.98 Å². The number of anilines is 1. The molecular formula is C15H20F3IN4O. The normalized spacial score (nSPS) is 16.0. The lowest BCUT2D eigenvalue weighted by atomic mass is 10.3. The van der Waals surface area contributed by atoms with E-state index in [4.69, 9.17) is 0 Å². The third kappa shape index (κ3) is 4.73. The fraction of sp³-hybridized carbons (Fsp3) is 0.533. The summed E-state index contributed by atoms with van der Waals surface area (Å²) in [6, 6.07) is 7.48. The average Bonchev–Trinajstić information content (AvgIpc) is 2.69. The minimum Gasteiger partial charge on any atom is -0.341 e. The van der Waals surface area contributed by atoms with Gasteiger partial charge in [0.25, 0.3) is 0 Å². The van der Waals surface area contributed by atoms with Gasteiger partial charge in [-0.3, -0.25) is 4.74 Å². The topological polar surface area (TPSA) is 42.3 Å². The Hall–Kier alpha value is -1.07. The van der Waals surface area contributed by atoms with Crippen LogP contribution < -0.4 is 10.2 Å². The number of nitrogens with one attached hydrogen (secondary N) is 1. The molecule has 9 heteroatoms. The molecule has 1 aromatic heterocycles. The molecule has 1 N–H and O–H groups in total. The van der Waals surface area contributed by atoms with E-state index < -0.39 is 13.0 Å². The van der Waals surface area contributed by atoms with Crippen LogP contribution in [0.2, 0.25) is 0 Å². The number of fused-ring (bicyclic) bond motifs is 1. The molecule has 0 spiro atoms. The molecule has 2 aromatic rings. The Labute approximate surface area is 155 Å². The first-order chi connectivity index (χ1) is 11.0. The van der Waals surface area contributed by atoms with Gasteiger partial charge >= 0.3 is 6.36 Å². The molecule has 0 amide bonds. The van der Waals surface area contributed by atoms with Crippen molar-refractivity contribution in [2.24, 2.45) is 0 Å². The Morgan fingerprint density at radius 1 is 1.17 bits per heavy atom. The summed E-state index contributed by atoms with van der Waals surface area (Å²) in [5.74, 6) is 0.709. The molecule has 1 saturated heterocycles. The molecule has 134 valence electrons. The third-order valence-corrected chi connectivity index (χ3v) is 3.84. The maximum absolute atomic E-state index is 12.2. The summed E-state index contributed by atoms with van der Waals surface area (Å²) < 4.78 is 42.5. The van der Waals surface area contributed by atoms with E-state index in [2.05, 4.69) is 19.9 Å². The molecular weight excluding hydrogens is 436 g/mol. The number of para-hydroxylation sites is 2. The minimum atomic E-state index is -4.61. The summed E-state index contributed by atoms with van der Waals surface area (Å²) in [7, 11) is 0. The van der Waals surface area contributed by atoms with Crippen molar-refractivity contribution in [3.05, 3.63) is 24.3 Å². The molecule has 0 bridgehead atoms. The number of nitrogens with zero attached hydrogens (tertiary/aromatic N) is 3. The summed E-state index contributed by atoms with van der Waals surface area (Å²) >= 11 is 0. The zero-order valence-electron chi connectivity index (χ0n) is 13.1. The zero-order valence-corrected chi connectivity index (χ0v) is 15.4. The maximum atomic E-state index is 12.2. The van der Waals surface area contributed by atoms with Crippen molar-refractivity contribution in [2.45, 2.75) is 19.3 Å². The Morgan fingerprint density at radius 2 is 1.96 bits per heavy atom. The molecule has 24 heavy (non-hydrogen) atoms. The number of alkyl halides is 3. The second-order valence-corrected chi connectivity index (χ2v) is 5.44. The van der Waals surface area contributed by atoms with Gasteiger partial charge in [0.05, 0.1) is 17.6 Å². The predicted octanol–water partition coefficient (Wildman–Crippen LogP) is 2.99. The lowest BCUT2D eigenvalue weighted by Crippen LogP contribution is -2.31. The maximum Gasteiger partial charge on any atom is 0.522 e. The van der Waals surface area contributed by atoms with E-state index in [1.54, 1.807) is 0 Å². The van der Waals surface area contributed by atoms with Crippen molar-refractivity contribution >= 4 is 41.0 Å². The predicted molar refractivity (Wildman–Crippen MR) is 96.9 cm³/mol. The van der Waals surface area contributed by atoms with Gasteiger partial charge in [0.2, 0.25) is 5.95 Å². The van der Waals surface area contributed by atoms with Gasteiger partial charge in [-0.1, -0.05) is 12.1 Å². The van der Waals surface area contributed by atoms with Crippen molar-refractivity contribution in [3.63, 3.8) is 0 Å². The van der Waals surface area contributed by atoms with E-state index in [1.165, 1.54) is 0 Å². The number of aromatic nitrogens is 2. The summed E-state index contributed by atoms with van der Waals surface area (Å²) in [6.45, 7) is 3.07. The Bertz CT molecular complexity index is 654. The largest absolute Gasteiger partial charge is 0.522 e. The number of halogens is 4.